The lowest BCUT2D eigenvalue weighted by Crippen LogP contribution is -2.33. The molecule has 0 aromatic heterocycles. The lowest BCUT2D eigenvalue weighted by Gasteiger charge is -2.37. The first kappa shape index (κ1) is 25.1. The van der Waals surface area contributed by atoms with Crippen molar-refractivity contribution in [3.8, 4) is 17.2 Å². The van der Waals surface area contributed by atoms with E-state index < -0.39 is 17.5 Å². The van der Waals surface area contributed by atoms with Gasteiger partial charge in [-0.3, -0.25) is 4.79 Å². The van der Waals surface area contributed by atoms with Crippen LogP contribution in [0, 0.1) is 0 Å². The Labute approximate surface area is 233 Å². The Bertz CT molecular complexity index is 1670. The molecule has 7 nitrogen and oxygen atoms in total. The van der Waals surface area contributed by atoms with Crippen molar-refractivity contribution < 1.29 is 29.3 Å². The van der Waals surface area contributed by atoms with Crippen LogP contribution in [-0.2, 0) is 21.6 Å². The Morgan fingerprint density at radius 3 is 2.31 bits per heavy atom. The number of hydrogen-bond donors (Lipinski definition) is 2. The van der Waals surface area contributed by atoms with Gasteiger partial charge in [0.1, 0.15) is 17.2 Å². The van der Waals surface area contributed by atoms with Crippen LogP contribution in [0.4, 0.5) is 11.4 Å². The molecule has 2 heterocycles. The molecular formula is C30H21Cl2NO6. The number of benzene rings is 4. The van der Waals surface area contributed by atoms with Crippen molar-refractivity contribution >= 4 is 46.5 Å². The van der Waals surface area contributed by atoms with Gasteiger partial charge in [-0.2, -0.15) is 0 Å². The number of aliphatic carboxylic acids is 1. The van der Waals surface area contributed by atoms with E-state index >= 15 is 0 Å². The van der Waals surface area contributed by atoms with E-state index in [1.807, 2.05) is 48.3 Å². The fourth-order valence-electron chi connectivity index (χ4n) is 5.22. The summed E-state index contributed by atoms with van der Waals surface area (Å²) in [5.41, 5.74) is 3.03. The summed E-state index contributed by atoms with van der Waals surface area (Å²) in [6.07, 6.45) is 0.492. The molecule has 2 aliphatic heterocycles. The van der Waals surface area contributed by atoms with Crippen LogP contribution in [0.1, 0.15) is 39.0 Å². The topological polar surface area (TPSA) is 96.3 Å². The van der Waals surface area contributed by atoms with Gasteiger partial charge in [0.2, 0.25) is 0 Å². The van der Waals surface area contributed by atoms with Crippen LogP contribution in [0.25, 0.3) is 0 Å². The quantitative estimate of drug-likeness (QED) is 0.252. The van der Waals surface area contributed by atoms with Crippen molar-refractivity contribution in [2.24, 2.45) is 0 Å². The molecule has 0 fully saturated rings. The summed E-state index contributed by atoms with van der Waals surface area (Å²) in [5, 5.41) is 19.8. The van der Waals surface area contributed by atoms with E-state index in [0.29, 0.717) is 50.9 Å². The number of nitrogens with zero attached hydrogens (tertiary/aromatic N) is 1. The van der Waals surface area contributed by atoms with Gasteiger partial charge in [0, 0.05) is 48.0 Å². The van der Waals surface area contributed by atoms with Crippen molar-refractivity contribution in [2.45, 2.75) is 18.4 Å². The second-order valence-corrected chi connectivity index (χ2v) is 10.3. The molecule has 196 valence electrons. The largest absolute Gasteiger partial charge is 0.506 e. The van der Waals surface area contributed by atoms with Crippen molar-refractivity contribution in [3.63, 3.8) is 0 Å². The van der Waals surface area contributed by atoms with Crippen molar-refractivity contribution in [1.29, 1.82) is 0 Å². The average Bonchev–Trinajstić information content (AvgIpc) is 3.22. The predicted octanol–water partition coefficient (Wildman–Crippen LogP) is 7.05. The molecule has 4 aromatic rings. The van der Waals surface area contributed by atoms with Crippen molar-refractivity contribution in [3.05, 3.63) is 111 Å². The molecule has 0 saturated carbocycles. The normalized spacial score (nSPS) is 16.6. The monoisotopic (exact) mass is 561 g/mol. The van der Waals surface area contributed by atoms with Crippen LogP contribution >= 0.6 is 23.2 Å². The number of ether oxygens (including phenoxy) is 2. The highest BCUT2D eigenvalue weighted by atomic mass is 35.5. The number of aromatic hydroxyl groups is 1. The molecule has 0 aliphatic carbocycles. The van der Waals surface area contributed by atoms with Gasteiger partial charge < -0.3 is 24.6 Å². The number of halogens is 2. The molecule has 2 N–H and O–H groups in total. The first-order chi connectivity index (χ1) is 18.7. The third kappa shape index (κ3) is 3.97. The highest BCUT2D eigenvalue weighted by Crippen LogP contribution is 2.58. The van der Waals surface area contributed by atoms with Gasteiger partial charge in [0.05, 0.1) is 21.3 Å². The Kier molecular flexibility index (Phi) is 5.93. The number of carbonyl (C=O) groups excluding carboxylic acids is 1. The van der Waals surface area contributed by atoms with E-state index in [0.717, 1.165) is 11.3 Å². The minimum absolute atomic E-state index is 0.0564. The van der Waals surface area contributed by atoms with E-state index in [4.69, 9.17) is 37.8 Å². The van der Waals surface area contributed by atoms with Crippen molar-refractivity contribution in [2.75, 3.05) is 11.9 Å². The predicted molar refractivity (Wildman–Crippen MR) is 147 cm³/mol. The zero-order valence-electron chi connectivity index (χ0n) is 20.6. The molecule has 1 spiro atoms. The number of fused-ring (bicyclic) bond motifs is 6. The average molecular weight is 562 g/mol. The number of carboxylic acids is 1. The lowest BCUT2D eigenvalue weighted by atomic mass is 9.77. The zero-order valence-corrected chi connectivity index (χ0v) is 22.1. The molecule has 1 atom stereocenters. The standard InChI is InChI=1S/C30H21Cl2NO6/c1-33(17-9-6-16(7-10-17)8-11-28(35)36)24-14-26-20(12-22(24)31)30(19-5-3-2-4-18(19)29(37)39-30)21-13-23(32)25(34)15-27(21)38-26/h2-7,9-10,12-15,34H,8,11H2,1H3,(H,35,36). The van der Waals surface area contributed by atoms with E-state index in [2.05, 4.69) is 0 Å². The van der Waals surface area contributed by atoms with Crippen LogP contribution in [0.3, 0.4) is 0 Å². The summed E-state index contributed by atoms with van der Waals surface area (Å²) in [6.45, 7) is 0. The highest BCUT2D eigenvalue weighted by Gasteiger charge is 2.54. The Balaban J connectivity index is 1.48. The van der Waals surface area contributed by atoms with Crippen LogP contribution in [0.2, 0.25) is 10.0 Å². The van der Waals surface area contributed by atoms with Crippen LogP contribution < -0.4 is 9.64 Å². The third-order valence-electron chi connectivity index (χ3n) is 7.16. The highest BCUT2D eigenvalue weighted by molar-refractivity contribution is 6.33. The number of aryl methyl sites for hydroxylation is 1. The summed E-state index contributed by atoms with van der Waals surface area (Å²) < 4.78 is 12.4. The van der Waals surface area contributed by atoms with Gasteiger partial charge >= 0.3 is 11.9 Å². The molecule has 4 aromatic carbocycles. The maximum atomic E-state index is 13.0. The second-order valence-electron chi connectivity index (χ2n) is 9.44. The molecule has 6 rings (SSSR count). The number of carboxylic acid groups (broad SMARTS) is 1. The van der Waals surface area contributed by atoms with E-state index in [-0.39, 0.29) is 17.2 Å². The summed E-state index contributed by atoms with van der Waals surface area (Å²) >= 11 is 13.2. The zero-order chi connectivity index (χ0) is 27.5. The van der Waals surface area contributed by atoms with Gasteiger partial charge in [-0.15, -0.1) is 0 Å². The SMILES string of the molecule is CN(c1ccc(CCC(=O)O)cc1)c1cc2c(cc1Cl)C1(OC(=O)c3ccccc31)c1cc(Cl)c(O)cc1O2. The van der Waals surface area contributed by atoms with E-state index in [9.17, 15) is 14.7 Å². The van der Waals surface area contributed by atoms with E-state index in [1.54, 1.807) is 30.3 Å². The third-order valence-corrected chi connectivity index (χ3v) is 7.77. The van der Waals surface area contributed by atoms with Crippen LogP contribution in [0.15, 0.2) is 72.8 Å². The fraction of sp³-hybridized carbons (Fsp3) is 0.133. The number of anilines is 2. The summed E-state index contributed by atoms with van der Waals surface area (Å²) in [6, 6.07) is 21.1. The first-order valence-corrected chi connectivity index (χ1v) is 12.9. The summed E-state index contributed by atoms with van der Waals surface area (Å²) in [4.78, 5) is 25.8. The number of rotatable bonds is 5. The number of esters is 1. The number of hydrogen-bond acceptors (Lipinski definition) is 6. The van der Waals surface area contributed by atoms with Crippen molar-refractivity contribution in [1.82, 2.24) is 0 Å². The minimum atomic E-state index is -1.37. The van der Waals surface area contributed by atoms with Gasteiger partial charge in [-0.05, 0) is 42.3 Å². The Morgan fingerprint density at radius 1 is 0.923 bits per heavy atom. The van der Waals surface area contributed by atoms with Crippen LogP contribution in [0.5, 0.6) is 17.2 Å². The van der Waals surface area contributed by atoms with Gasteiger partial charge in [0.15, 0.2) is 5.60 Å². The maximum absolute atomic E-state index is 13.0. The first-order valence-electron chi connectivity index (χ1n) is 12.1. The second kappa shape index (κ2) is 9.22. The lowest BCUT2D eigenvalue weighted by molar-refractivity contribution is -0.136. The van der Waals surface area contributed by atoms with Gasteiger partial charge in [-0.25, -0.2) is 4.79 Å². The minimum Gasteiger partial charge on any atom is -0.506 e. The molecule has 39 heavy (non-hydrogen) atoms. The molecule has 0 saturated heterocycles. The molecule has 1 unspecified atom stereocenters. The Morgan fingerprint density at radius 2 is 1.59 bits per heavy atom. The molecule has 9 heteroatoms. The maximum Gasteiger partial charge on any atom is 0.340 e. The summed E-state index contributed by atoms with van der Waals surface area (Å²) in [7, 11) is 1.85. The Hall–Kier alpha value is -4.20. The smallest absolute Gasteiger partial charge is 0.340 e. The number of phenolic OH excluding ortho intramolecular Hbond substituents is 1. The van der Waals surface area contributed by atoms with Gasteiger partial charge in [-0.1, -0.05) is 53.5 Å². The molecule has 0 radical (unpaired) electrons. The van der Waals surface area contributed by atoms with E-state index in [1.165, 1.54) is 6.07 Å². The van der Waals surface area contributed by atoms with Crippen LogP contribution in [-0.4, -0.2) is 29.2 Å². The molecule has 0 bridgehead atoms. The fourth-order valence-corrected chi connectivity index (χ4v) is 5.67. The summed E-state index contributed by atoms with van der Waals surface area (Å²) in [5.74, 6) is -0.803. The number of phenols is 1. The number of carbonyl (C=O) groups is 2. The molecule has 2 aliphatic rings. The van der Waals surface area contributed by atoms with Gasteiger partial charge in [0.25, 0.3) is 0 Å². The molecule has 0 amide bonds. The molecular weight excluding hydrogens is 541 g/mol.